The second-order valence-corrected chi connectivity index (χ2v) is 8.89. The van der Waals surface area contributed by atoms with Gasteiger partial charge in [0.05, 0.1) is 23.8 Å². The van der Waals surface area contributed by atoms with Crippen molar-refractivity contribution in [3.8, 4) is 0 Å². The number of rotatable bonds is 5. The summed E-state index contributed by atoms with van der Waals surface area (Å²) in [4.78, 5) is 12.0. The first kappa shape index (κ1) is 23.3. The van der Waals surface area contributed by atoms with Gasteiger partial charge in [-0.15, -0.1) is 0 Å². The third-order valence-electron chi connectivity index (χ3n) is 4.45. The summed E-state index contributed by atoms with van der Waals surface area (Å²) in [6.07, 6.45) is -4.33. The first-order chi connectivity index (χ1) is 14.6. The molecule has 0 unspecified atom stereocenters. The number of anilines is 1. The molecule has 2 aromatic rings. The number of morpholine rings is 1. The number of halogens is 4. The smallest absolute Gasteiger partial charge is 0.379 e. The fourth-order valence-electron chi connectivity index (χ4n) is 2.96. The van der Waals surface area contributed by atoms with Gasteiger partial charge in [-0.05, 0) is 23.8 Å². The highest BCUT2D eigenvalue weighted by atomic mass is 35.5. The lowest BCUT2D eigenvalue weighted by Gasteiger charge is -2.26. The minimum Gasteiger partial charge on any atom is -0.379 e. The molecule has 0 radical (unpaired) electrons. The minimum atomic E-state index is -4.76. The number of nitrogens with zero attached hydrogens (tertiary/aromatic N) is 1. The van der Waals surface area contributed by atoms with Crippen molar-refractivity contribution in [3.63, 3.8) is 0 Å². The molecule has 0 saturated carbocycles. The van der Waals surface area contributed by atoms with E-state index in [9.17, 15) is 26.4 Å². The van der Waals surface area contributed by atoms with Crippen LogP contribution in [0.4, 0.5) is 18.9 Å². The molecule has 1 fully saturated rings. The lowest BCUT2D eigenvalue weighted by Crippen LogP contribution is -2.40. The zero-order valence-corrected chi connectivity index (χ0v) is 17.6. The number of nitrogens with one attached hydrogen (secondary N) is 1. The van der Waals surface area contributed by atoms with Crippen molar-refractivity contribution in [2.45, 2.75) is 11.1 Å². The summed E-state index contributed by atoms with van der Waals surface area (Å²) in [6, 6.07) is 10.6. The molecule has 6 nitrogen and oxygen atoms in total. The lowest BCUT2D eigenvalue weighted by atomic mass is 10.1. The maximum absolute atomic E-state index is 13.4. The highest BCUT2D eigenvalue weighted by Crippen LogP contribution is 2.34. The Morgan fingerprint density at radius 2 is 1.74 bits per heavy atom. The van der Waals surface area contributed by atoms with E-state index in [2.05, 4.69) is 5.32 Å². The number of sulfonamides is 1. The van der Waals surface area contributed by atoms with Gasteiger partial charge in [-0.3, -0.25) is 4.79 Å². The number of ether oxygens (including phenoxy) is 1. The SMILES string of the molecule is O=C(/C=C(/c1ccccc1)C(F)(F)F)Nc1ccc(Cl)c(S(=O)(=O)N2CCOCC2)c1. The van der Waals surface area contributed by atoms with Crippen LogP contribution in [-0.2, 0) is 19.6 Å². The van der Waals surface area contributed by atoms with Crippen LogP contribution in [0, 0.1) is 0 Å². The molecular weight excluding hydrogens is 457 g/mol. The molecule has 31 heavy (non-hydrogen) atoms. The fraction of sp³-hybridized carbons (Fsp3) is 0.250. The van der Waals surface area contributed by atoms with Gasteiger partial charge in [-0.2, -0.15) is 17.5 Å². The highest BCUT2D eigenvalue weighted by molar-refractivity contribution is 7.89. The summed E-state index contributed by atoms with van der Waals surface area (Å²) in [5.74, 6) is -1.06. The molecule has 1 saturated heterocycles. The molecule has 1 N–H and O–H groups in total. The average molecular weight is 475 g/mol. The van der Waals surface area contributed by atoms with E-state index in [1.54, 1.807) is 6.07 Å². The largest absolute Gasteiger partial charge is 0.417 e. The lowest BCUT2D eigenvalue weighted by molar-refractivity contribution is -0.112. The minimum absolute atomic E-state index is 0.00734. The van der Waals surface area contributed by atoms with Gasteiger partial charge >= 0.3 is 6.18 Å². The van der Waals surface area contributed by atoms with Gasteiger partial charge in [0.25, 0.3) is 0 Å². The summed E-state index contributed by atoms with van der Waals surface area (Å²) in [5, 5.41) is 2.21. The number of allylic oxidation sites excluding steroid dienone is 1. The molecular formula is C20H18ClF3N2O4S. The third-order valence-corrected chi connectivity index (χ3v) is 6.83. The maximum atomic E-state index is 13.4. The Balaban J connectivity index is 1.88. The first-order valence-corrected chi connectivity index (χ1v) is 10.9. The van der Waals surface area contributed by atoms with Crippen molar-refractivity contribution in [3.05, 3.63) is 65.2 Å². The van der Waals surface area contributed by atoms with Crippen LogP contribution in [0.3, 0.4) is 0 Å². The molecule has 1 aliphatic rings. The van der Waals surface area contributed by atoms with Gasteiger partial charge in [-0.25, -0.2) is 8.42 Å². The normalized spacial score (nSPS) is 16.2. The molecule has 1 amide bonds. The molecule has 2 aromatic carbocycles. The summed E-state index contributed by atoms with van der Waals surface area (Å²) in [5.41, 5.74) is -1.30. The van der Waals surface area contributed by atoms with Crippen LogP contribution in [0.5, 0.6) is 0 Å². The Kier molecular flexibility index (Phi) is 7.05. The van der Waals surface area contributed by atoms with Gasteiger partial charge in [0.15, 0.2) is 0 Å². The summed E-state index contributed by atoms with van der Waals surface area (Å²) < 4.78 is 72.3. The topological polar surface area (TPSA) is 75.7 Å². The standard InChI is InChI=1S/C20H18ClF3N2O4S/c21-17-7-6-15(12-18(17)31(28,29)26-8-10-30-11-9-26)25-19(27)13-16(20(22,23)24)14-4-2-1-3-5-14/h1-7,12-13H,8-11H2,(H,25,27)/b16-13-. The molecule has 1 aliphatic heterocycles. The van der Waals surface area contributed by atoms with Crippen LogP contribution in [0.2, 0.25) is 5.02 Å². The highest BCUT2D eigenvalue weighted by Gasteiger charge is 2.35. The number of carbonyl (C=O) groups is 1. The van der Waals surface area contributed by atoms with E-state index in [1.165, 1.54) is 40.7 Å². The van der Waals surface area contributed by atoms with Gasteiger partial charge < -0.3 is 10.1 Å². The third kappa shape index (κ3) is 5.65. The van der Waals surface area contributed by atoms with Gasteiger partial charge in [0.1, 0.15) is 4.90 Å². The molecule has 3 rings (SSSR count). The van der Waals surface area contributed by atoms with E-state index in [0.29, 0.717) is 6.08 Å². The molecule has 0 aromatic heterocycles. The van der Waals surface area contributed by atoms with Crippen molar-refractivity contribution in [1.82, 2.24) is 4.31 Å². The molecule has 1 heterocycles. The van der Waals surface area contributed by atoms with E-state index in [4.69, 9.17) is 16.3 Å². The van der Waals surface area contributed by atoms with E-state index in [1.807, 2.05) is 0 Å². The second kappa shape index (κ2) is 9.39. The molecule has 11 heteroatoms. The van der Waals surface area contributed by atoms with E-state index >= 15 is 0 Å². The molecule has 0 spiro atoms. The number of carbonyl (C=O) groups excluding carboxylic acids is 1. The number of hydrogen-bond acceptors (Lipinski definition) is 4. The molecule has 0 aliphatic carbocycles. The van der Waals surface area contributed by atoms with E-state index < -0.39 is 27.7 Å². The zero-order valence-electron chi connectivity index (χ0n) is 16.0. The number of hydrogen-bond donors (Lipinski definition) is 1. The first-order valence-electron chi connectivity index (χ1n) is 9.12. The van der Waals surface area contributed by atoms with Gasteiger partial charge in [-0.1, -0.05) is 41.9 Å². The summed E-state index contributed by atoms with van der Waals surface area (Å²) in [7, 11) is -3.97. The molecule has 0 bridgehead atoms. The van der Waals surface area contributed by atoms with Crippen LogP contribution >= 0.6 is 11.6 Å². The van der Waals surface area contributed by atoms with Crippen LogP contribution in [0.1, 0.15) is 5.56 Å². The Hall–Kier alpha value is -2.40. The van der Waals surface area contributed by atoms with Gasteiger partial charge in [0.2, 0.25) is 15.9 Å². The molecule has 0 atom stereocenters. The van der Waals surface area contributed by atoms with Crippen molar-refractivity contribution >= 4 is 38.8 Å². The summed E-state index contributed by atoms with van der Waals surface area (Å²) in [6.45, 7) is 0.754. The summed E-state index contributed by atoms with van der Waals surface area (Å²) >= 11 is 6.05. The Labute approximate surface area is 182 Å². The number of amides is 1. The Morgan fingerprint density at radius 1 is 1.10 bits per heavy atom. The van der Waals surface area contributed by atoms with Gasteiger partial charge in [0, 0.05) is 24.9 Å². The predicted octanol–water partition coefficient (Wildman–Crippen LogP) is 3.95. The van der Waals surface area contributed by atoms with Crippen LogP contribution in [-0.4, -0.2) is 51.1 Å². The molecule has 166 valence electrons. The van der Waals surface area contributed by atoms with Crippen molar-refractivity contribution in [2.24, 2.45) is 0 Å². The number of benzene rings is 2. The Morgan fingerprint density at radius 3 is 2.35 bits per heavy atom. The monoisotopic (exact) mass is 474 g/mol. The van der Waals surface area contributed by atoms with Crippen LogP contribution in [0.15, 0.2) is 59.5 Å². The second-order valence-electron chi connectivity index (χ2n) is 6.57. The van der Waals surface area contributed by atoms with E-state index in [-0.39, 0.29) is 47.5 Å². The fourth-order valence-corrected chi connectivity index (χ4v) is 4.87. The van der Waals surface area contributed by atoms with Crippen LogP contribution < -0.4 is 5.32 Å². The quantitative estimate of drug-likeness (QED) is 0.666. The maximum Gasteiger partial charge on any atom is 0.417 e. The van der Waals surface area contributed by atoms with Crippen molar-refractivity contribution in [2.75, 3.05) is 31.6 Å². The van der Waals surface area contributed by atoms with E-state index in [0.717, 1.165) is 6.07 Å². The number of alkyl halides is 3. The Bertz CT molecular complexity index is 1080. The average Bonchev–Trinajstić information content (AvgIpc) is 2.74. The van der Waals surface area contributed by atoms with Crippen molar-refractivity contribution in [1.29, 1.82) is 0 Å². The predicted molar refractivity (Wildman–Crippen MR) is 110 cm³/mol. The van der Waals surface area contributed by atoms with Crippen molar-refractivity contribution < 1.29 is 31.1 Å². The zero-order chi connectivity index (χ0) is 22.6. The van der Waals surface area contributed by atoms with Crippen LogP contribution in [0.25, 0.3) is 5.57 Å².